The number of guanidine groups is 1. The molecule has 2 heterocycles. The van der Waals surface area contributed by atoms with E-state index in [1.165, 1.54) is 8.66 Å². The normalized spacial score (nSPS) is 17.0. The molecule has 0 spiro atoms. The van der Waals surface area contributed by atoms with Crippen LogP contribution in [0.3, 0.4) is 0 Å². The molecule has 1 aliphatic heterocycles. The standard InChI is InChI=1S/C17H29BrN4OS.HI/c1-4-19-17(21(3)13-15-5-6-16(18)24-15)20-11-14(2)12-22-7-9-23-10-8-22;/h5-6,14H,4,7-13H2,1-3H3,(H,19,20);1H. The van der Waals surface area contributed by atoms with Crippen LogP contribution < -0.4 is 5.32 Å². The predicted molar refractivity (Wildman–Crippen MR) is 121 cm³/mol. The Morgan fingerprint density at radius 3 is 2.76 bits per heavy atom. The van der Waals surface area contributed by atoms with Crippen molar-refractivity contribution < 1.29 is 4.74 Å². The minimum Gasteiger partial charge on any atom is -0.379 e. The summed E-state index contributed by atoms with van der Waals surface area (Å²) in [5.74, 6) is 1.52. The summed E-state index contributed by atoms with van der Waals surface area (Å²) in [5, 5.41) is 3.40. The number of rotatable bonds is 7. The van der Waals surface area contributed by atoms with Gasteiger partial charge in [0.1, 0.15) is 0 Å². The van der Waals surface area contributed by atoms with Gasteiger partial charge in [-0.15, -0.1) is 35.3 Å². The molecule has 0 saturated carbocycles. The van der Waals surface area contributed by atoms with Gasteiger partial charge in [0.05, 0.1) is 23.5 Å². The Kier molecular flexibility index (Phi) is 11.6. The first-order chi connectivity index (χ1) is 11.6. The molecule has 1 saturated heterocycles. The van der Waals surface area contributed by atoms with Crippen LogP contribution in [0, 0.1) is 5.92 Å². The van der Waals surface area contributed by atoms with Crippen molar-refractivity contribution in [2.45, 2.75) is 20.4 Å². The van der Waals surface area contributed by atoms with E-state index in [0.717, 1.165) is 58.4 Å². The zero-order valence-electron chi connectivity index (χ0n) is 15.3. The summed E-state index contributed by atoms with van der Waals surface area (Å²) in [4.78, 5) is 10.9. The fourth-order valence-electron chi connectivity index (χ4n) is 2.74. The Hall–Kier alpha value is 0.1000. The van der Waals surface area contributed by atoms with Gasteiger partial charge in [-0.2, -0.15) is 0 Å². The van der Waals surface area contributed by atoms with Gasteiger partial charge < -0.3 is 15.0 Å². The third kappa shape index (κ3) is 8.55. The molecule has 1 unspecified atom stereocenters. The van der Waals surface area contributed by atoms with Gasteiger partial charge in [0.15, 0.2) is 5.96 Å². The molecule has 0 aromatic carbocycles. The van der Waals surface area contributed by atoms with E-state index >= 15 is 0 Å². The van der Waals surface area contributed by atoms with E-state index in [2.05, 4.69) is 64.1 Å². The minimum atomic E-state index is 0. The maximum absolute atomic E-state index is 5.41. The van der Waals surface area contributed by atoms with E-state index in [-0.39, 0.29) is 24.0 Å². The van der Waals surface area contributed by atoms with Crippen molar-refractivity contribution in [1.29, 1.82) is 0 Å². The average Bonchev–Trinajstić information content (AvgIpc) is 2.97. The highest BCUT2D eigenvalue weighted by Crippen LogP contribution is 2.23. The first-order valence-corrected chi connectivity index (χ1v) is 10.2. The number of halogens is 2. The van der Waals surface area contributed by atoms with Crippen molar-refractivity contribution in [1.82, 2.24) is 15.1 Å². The highest BCUT2D eigenvalue weighted by atomic mass is 127. The Bertz CT molecular complexity index is 523. The first-order valence-electron chi connectivity index (χ1n) is 8.62. The SMILES string of the molecule is CCNC(=NCC(C)CN1CCOCC1)N(C)Cc1ccc(Br)s1.I. The van der Waals surface area contributed by atoms with Crippen LogP contribution in [0.15, 0.2) is 20.9 Å². The topological polar surface area (TPSA) is 40.1 Å². The maximum Gasteiger partial charge on any atom is 0.193 e. The second kappa shape index (κ2) is 12.5. The average molecular weight is 545 g/mol. The van der Waals surface area contributed by atoms with Crippen molar-refractivity contribution in [3.63, 3.8) is 0 Å². The van der Waals surface area contributed by atoms with Crippen LogP contribution in [0.25, 0.3) is 0 Å². The molecule has 1 aliphatic rings. The largest absolute Gasteiger partial charge is 0.379 e. The number of nitrogens with zero attached hydrogens (tertiary/aromatic N) is 3. The van der Waals surface area contributed by atoms with Gasteiger partial charge in [0.2, 0.25) is 0 Å². The van der Waals surface area contributed by atoms with Crippen LogP contribution in [0.1, 0.15) is 18.7 Å². The van der Waals surface area contributed by atoms with E-state index in [9.17, 15) is 0 Å². The van der Waals surface area contributed by atoms with Gasteiger partial charge in [0.25, 0.3) is 0 Å². The number of nitrogens with one attached hydrogen (secondary N) is 1. The fourth-order valence-corrected chi connectivity index (χ4v) is 4.28. The highest BCUT2D eigenvalue weighted by molar-refractivity contribution is 14.0. The van der Waals surface area contributed by atoms with E-state index < -0.39 is 0 Å². The summed E-state index contributed by atoms with van der Waals surface area (Å²) >= 11 is 5.30. The minimum absolute atomic E-state index is 0. The Balaban J connectivity index is 0.00000312. The lowest BCUT2D eigenvalue weighted by atomic mass is 10.1. The number of hydrogen-bond acceptors (Lipinski definition) is 4. The smallest absolute Gasteiger partial charge is 0.193 e. The third-order valence-electron chi connectivity index (χ3n) is 3.94. The highest BCUT2D eigenvalue weighted by Gasteiger charge is 2.14. The molecule has 1 aromatic heterocycles. The maximum atomic E-state index is 5.41. The lowest BCUT2D eigenvalue weighted by Crippen LogP contribution is -2.40. The van der Waals surface area contributed by atoms with Crippen molar-refractivity contribution >= 4 is 57.2 Å². The molecule has 0 aliphatic carbocycles. The van der Waals surface area contributed by atoms with Crippen LogP contribution >= 0.6 is 51.2 Å². The van der Waals surface area contributed by atoms with Crippen molar-refractivity contribution in [2.24, 2.45) is 10.9 Å². The number of hydrogen-bond donors (Lipinski definition) is 1. The molecule has 144 valence electrons. The molecule has 8 heteroatoms. The van der Waals surface area contributed by atoms with Gasteiger partial charge in [-0.1, -0.05) is 6.92 Å². The first kappa shape index (κ1) is 23.1. The monoisotopic (exact) mass is 544 g/mol. The Morgan fingerprint density at radius 2 is 2.16 bits per heavy atom. The molecule has 1 atom stereocenters. The van der Waals surface area contributed by atoms with E-state index in [0.29, 0.717) is 5.92 Å². The molecule has 1 N–H and O–H groups in total. The number of thiophene rings is 1. The molecular weight excluding hydrogens is 515 g/mol. The van der Waals surface area contributed by atoms with Gasteiger partial charge >= 0.3 is 0 Å². The molecule has 0 amide bonds. The molecule has 1 aromatic rings. The van der Waals surface area contributed by atoms with E-state index in [4.69, 9.17) is 9.73 Å². The third-order valence-corrected chi connectivity index (χ3v) is 5.55. The van der Waals surface area contributed by atoms with Crippen molar-refractivity contribution in [3.05, 3.63) is 20.8 Å². The molecular formula is C17H30BrIN4OS. The summed E-state index contributed by atoms with van der Waals surface area (Å²) in [6.07, 6.45) is 0. The molecule has 2 rings (SSSR count). The van der Waals surface area contributed by atoms with Gasteiger partial charge in [-0.3, -0.25) is 9.89 Å². The summed E-state index contributed by atoms with van der Waals surface area (Å²) in [5.41, 5.74) is 0. The second-order valence-electron chi connectivity index (χ2n) is 6.27. The molecule has 0 radical (unpaired) electrons. The van der Waals surface area contributed by atoms with Crippen LogP contribution in [-0.4, -0.2) is 68.7 Å². The Labute approximate surface area is 181 Å². The summed E-state index contributed by atoms with van der Waals surface area (Å²) in [6.45, 7) is 11.9. The van der Waals surface area contributed by atoms with Gasteiger partial charge in [0, 0.05) is 44.6 Å². The quantitative estimate of drug-likeness (QED) is 0.324. The zero-order valence-corrected chi connectivity index (χ0v) is 20.1. The van der Waals surface area contributed by atoms with E-state index in [1.54, 1.807) is 11.3 Å². The van der Waals surface area contributed by atoms with Gasteiger partial charge in [-0.05, 0) is 40.9 Å². The number of morpholine rings is 1. The predicted octanol–water partition coefficient (Wildman–Crippen LogP) is 3.49. The second-order valence-corrected chi connectivity index (χ2v) is 8.82. The zero-order chi connectivity index (χ0) is 17.4. The summed E-state index contributed by atoms with van der Waals surface area (Å²) in [6, 6.07) is 4.26. The van der Waals surface area contributed by atoms with Gasteiger partial charge in [-0.25, -0.2) is 0 Å². The summed E-state index contributed by atoms with van der Waals surface area (Å²) in [7, 11) is 2.10. The molecule has 5 nitrogen and oxygen atoms in total. The Morgan fingerprint density at radius 1 is 1.44 bits per heavy atom. The van der Waals surface area contributed by atoms with Crippen molar-refractivity contribution in [2.75, 3.05) is 53.0 Å². The molecule has 1 fully saturated rings. The van der Waals surface area contributed by atoms with E-state index in [1.807, 2.05) is 0 Å². The number of ether oxygens (including phenoxy) is 1. The lowest BCUT2D eigenvalue weighted by molar-refractivity contribution is 0.0323. The van der Waals surface area contributed by atoms with Crippen LogP contribution in [0.2, 0.25) is 0 Å². The summed E-state index contributed by atoms with van der Waals surface area (Å²) < 4.78 is 6.59. The van der Waals surface area contributed by atoms with Crippen LogP contribution in [-0.2, 0) is 11.3 Å². The van der Waals surface area contributed by atoms with Crippen LogP contribution in [0.4, 0.5) is 0 Å². The number of aliphatic imine (C=N–C) groups is 1. The lowest BCUT2D eigenvalue weighted by Gasteiger charge is -2.29. The van der Waals surface area contributed by atoms with Crippen LogP contribution in [0.5, 0.6) is 0 Å². The fraction of sp³-hybridized carbons (Fsp3) is 0.706. The molecule has 25 heavy (non-hydrogen) atoms. The van der Waals surface area contributed by atoms with Crippen molar-refractivity contribution in [3.8, 4) is 0 Å². The molecule has 0 bridgehead atoms.